The molecule has 1 atom stereocenters. The lowest BCUT2D eigenvalue weighted by atomic mass is 9.75. The molecule has 0 amide bonds. The molecule has 0 saturated heterocycles. The molecule has 0 fully saturated rings. The van der Waals surface area contributed by atoms with E-state index in [1.165, 1.54) is 0 Å². The Balaban J connectivity index is 5.21. The van der Waals surface area contributed by atoms with Crippen molar-refractivity contribution in [2.75, 3.05) is 0 Å². The van der Waals surface area contributed by atoms with Crippen LogP contribution in [0, 0.1) is 11.3 Å². The predicted octanol–water partition coefficient (Wildman–Crippen LogP) is 4.08. The minimum Gasteiger partial charge on any atom is -0.299 e. The zero-order valence-electron chi connectivity index (χ0n) is 11.3. The van der Waals surface area contributed by atoms with Crippen molar-refractivity contribution >= 4 is 11.6 Å². The van der Waals surface area contributed by atoms with E-state index in [1.807, 2.05) is 0 Å². The van der Waals surface area contributed by atoms with Gasteiger partial charge in [0.1, 0.15) is 11.3 Å². The van der Waals surface area contributed by atoms with Crippen molar-refractivity contribution in [3.8, 4) is 0 Å². The zero-order valence-corrected chi connectivity index (χ0v) is 11.3. The van der Waals surface area contributed by atoms with Crippen LogP contribution >= 0.6 is 0 Å². The van der Waals surface area contributed by atoms with Crippen LogP contribution in [-0.2, 0) is 9.59 Å². The van der Waals surface area contributed by atoms with Gasteiger partial charge in [0.2, 0.25) is 0 Å². The molecule has 1 unspecified atom stereocenters. The molecule has 0 rings (SSSR count). The molecule has 8 heteroatoms. The smallest absolute Gasteiger partial charge is 0.299 e. The number of Topliss-reactive ketones (excluding diaryl/α,β-unsaturated/α-hetero) is 2. The molecule has 0 bridgehead atoms. The van der Waals surface area contributed by atoms with Gasteiger partial charge in [-0.15, -0.1) is 0 Å². The van der Waals surface area contributed by atoms with E-state index >= 15 is 0 Å². The number of hydrogen-bond acceptors (Lipinski definition) is 2. The summed E-state index contributed by atoms with van der Waals surface area (Å²) in [5, 5.41) is 0. The second-order valence-corrected chi connectivity index (χ2v) is 4.62. The van der Waals surface area contributed by atoms with Crippen LogP contribution < -0.4 is 0 Å². The number of carbonyl (C=O) groups is 2. The first-order valence-electron chi connectivity index (χ1n) is 6.03. The minimum atomic E-state index is -4.89. The Morgan fingerprint density at radius 1 is 0.950 bits per heavy atom. The van der Waals surface area contributed by atoms with E-state index < -0.39 is 54.5 Å². The molecule has 0 aromatic carbocycles. The number of ketones is 2. The fourth-order valence-electron chi connectivity index (χ4n) is 1.87. The second-order valence-electron chi connectivity index (χ2n) is 4.62. The standard InChI is InChI=1S/C12H16F6O2/c1-4-10(5-2,12(16,17)18)9(20)6-8(19)7(3)11(13,14)15/h7H,4-6H2,1-3H3. The number of halogens is 6. The van der Waals surface area contributed by atoms with Gasteiger partial charge in [0.15, 0.2) is 11.6 Å². The molecule has 20 heavy (non-hydrogen) atoms. The molecule has 0 aliphatic rings. The first-order valence-corrected chi connectivity index (χ1v) is 6.03. The summed E-state index contributed by atoms with van der Waals surface area (Å²) in [6, 6.07) is 0. The molecular weight excluding hydrogens is 290 g/mol. The van der Waals surface area contributed by atoms with Crippen LogP contribution in [0.2, 0.25) is 0 Å². The van der Waals surface area contributed by atoms with Gasteiger partial charge in [0, 0.05) is 0 Å². The first kappa shape index (κ1) is 18.9. The Morgan fingerprint density at radius 2 is 1.35 bits per heavy atom. The van der Waals surface area contributed by atoms with E-state index in [-0.39, 0.29) is 0 Å². The van der Waals surface area contributed by atoms with Crippen molar-refractivity contribution in [1.82, 2.24) is 0 Å². The van der Waals surface area contributed by atoms with E-state index in [1.54, 1.807) is 0 Å². The van der Waals surface area contributed by atoms with E-state index in [0.29, 0.717) is 6.92 Å². The highest BCUT2D eigenvalue weighted by Crippen LogP contribution is 2.45. The molecule has 0 N–H and O–H groups in total. The third-order valence-electron chi connectivity index (χ3n) is 3.59. The Hall–Kier alpha value is -1.08. The highest BCUT2D eigenvalue weighted by molar-refractivity contribution is 6.03. The molecule has 0 radical (unpaired) electrons. The molecule has 2 nitrogen and oxygen atoms in total. The molecule has 0 aromatic rings. The number of alkyl halides is 6. The number of carbonyl (C=O) groups excluding carboxylic acids is 2. The predicted molar refractivity (Wildman–Crippen MR) is 58.9 cm³/mol. The summed E-state index contributed by atoms with van der Waals surface area (Å²) < 4.78 is 75.7. The molecule has 0 aliphatic heterocycles. The van der Waals surface area contributed by atoms with Crippen LogP contribution in [0.3, 0.4) is 0 Å². The van der Waals surface area contributed by atoms with Crippen molar-refractivity contribution in [3.05, 3.63) is 0 Å². The van der Waals surface area contributed by atoms with Crippen LogP contribution in [0.5, 0.6) is 0 Å². The Morgan fingerprint density at radius 3 is 1.60 bits per heavy atom. The first-order chi connectivity index (χ1) is 8.83. The summed E-state index contributed by atoms with van der Waals surface area (Å²) in [7, 11) is 0. The van der Waals surface area contributed by atoms with Gasteiger partial charge in [0.25, 0.3) is 0 Å². The maximum Gasteiger partial charge on any atom is 0.401 e. The van der Waals surface area contributed by atoms with Crippen LogP contribution in [0.4, 0.5) is 26.3 Å². The van der Waals surface area contributed by atoms with E-state index in [2.05, 4.69) is 0 Å². The molecule has 0 aliphatic carbocycles. The third-order valence-corrected chi connectivity index (χ3v) is 3.59. The average molecular weight is 306 g/mol. The van der Waals surface area contributed by atoms with Crippen molar-refractivity contribution < 1.29 is 35.9 Å². The minimum absolute atomic E-state index is 0.531. The lowest BCUT2D eigenvalue weighted by Gasteiger charge is -2.32. The Labute approximate surface area is 112 Å². The van der Waals surface area contributed by atoms with Gasteiger partial charge < -0.3 is 0 Å². The van der Waals surface area contributed by atoms with Crippen molar-refractivity contribution in [1.29, 1.82) is 0 Å². The average Bonchev–Trinajstić information content (AvgIpc) is 2.26. The van der Waals surface area contributed by atoms with E-state index in [9.17, 15) is 35.9 Å². The maximum atomic E-state index is 13.0. The van der Waals surface area contributed by atoms with Crippen LogP contribution in [0.1, 0.15) is 40.0 Å². The Kier molecular flexibility index (Phi) is 5.80. The lowest BCUT2D eigenvalue weighted by molar-refractivity contribution is -0.222. The van der Waals surface area contributed by atoms with Gasteiger partial charge in [-0.2, -0.15) is 26.3 Å². The largest absolute Gasteiger partial charge is 0.401 e. The third kappa shape index (κ3) is 3.73. The van der Waals surface area contributed by atoms with Gasteiger partial charge in [-0.05, 0) is 19.8 Å². The molecule has 0 spiro atoms. The summed E-state index contributed by atoms with van der Waals surface area (Å²) in [6.45, 7) is 2.77. The van der Waals surface area contributed by atoms with Crippen LogP contribution in [0.25, 0.3) is 0 Å². The number of rotatable bonds is 6. The highest BCUT2D eigenvalue weighted by atomic mass is 19.4. The Bertz CT molecular complexity index is 365. The quantitative estimate of drug-likeness (QED) is 0.547. The summed E-state index contributed by atoms with van der Waals surface area (Å²) in [5.74, 6) is -5.50. The van der Waals surface area contributed by atoms with Crippen LogP contribution in [-0.4, -0.2) is 23.9 Å². The number of hydrogen-bond donors (Lipinski definition) is 0. The van der Waals surface area contributed by atoms with Crippen molar-refractivity contribution in [3.63, 3.8) is 0 Å². The van der Waals surface area contributed by atoms with Crippen LogP contribution in [0.15, 0.2) is 0 Å². The fourth-order valence-corrected chi connectivity index (χ4v) is 1.87. The van der Waals surface area contributed by atoms with Gasteiger partial charge in [0.05, 0.1) is 6.42 Å². The monoisotopic (exact) mass is 306 g/mol. The zero-order chi connectivity index (χ0) is 16.4. The van der Waals surface area contributed by atoms with Crippen molar-refractivity contribution in [2.45, 2.75) is 52.4 Å². The van der Waals surface area contributed by atoms with Crippen molar-refractivity contribution in [2.24, 2.45) is 11.3 Å². The summed E-state index contributed by atoms with van der Waals surface area (Å²) in [5.41, 5.74) is -2.76. The molecule has 0 saturated carbocycles. The normalized spacial score (nSPS) is 15.1. The van der Waals surface area contributed by atoms with Gasteiger partial charge >= 0.3 is 12.4 Å². The van der Waals surface area contributed by atoms with E-state index in [0.717, 1.165) is 13.8 Å². The van der Waals surface area contributed by atoms with Gasteiger partial charge in [-0.25, -0.2) is 0 Å². The maximum absolute atomic E-state index is 13.0. The topological polar surface area (TPSA) is 34.1 Å². The molecule has 0 heterocycles. The summed E-state index contributed by atoms with van der Waals surface area (Å²) >= 11 is 0. The summed E-state index contributed by atoms with van der Waals surface area (Å²) in [4.78, 5) is 23.0. The molecular formula is C12H16F6O2. The highest BCUT2D eigenvalue weighted by Gasteiger charge is 2.57. The van der Waals surface area contributed by atoms with Gasteiger partial charge in [-0.3, -0.25) is 9.59 Å². The fraction of sp³-hybridized carbons (Fsp3) is 0.833. The second kappa shape index (κ2) is 6.13. The summed E-state index contributed by atoms with van der Waals surface area (Å²) in [6.07, 6.45) is -12.3. The molecule has 0 aromatic heterocycles. The SMILES string of the molecule is CCC(CC)(C(=O)CC(=O)C(C)C(F)(F)F)C(F)(F)F. The lowest BCUT2D eigenvalue weighted by Crippen LogP contribution is -2.45. The van der Waals surface area contributed by atoms with E-state index in [4.69, 9.17) is 0 Å². The molecule has 118 valence electrons. The van der Waals surface area contributed by atoms with Gasteiger partial charge in [-0.1, -0.05) is 13.8 Å².